The second-order valence-electron chi connectivity index (χ2n) is 1.52. The summed E-state index contributed by atoms with van der Waals surface area (Å²) in [5.74, 6) is 0. The van der Waals surface area contributed by atoms with Gasteiger partial charge in [-0.2, -0.15) is 12.6 Å². The largest absolute Gasteiger partial charge is 0.350 e. The Kier molecular flexibility index (Phi) is 3.14. The Morgan fingerprint density at radius 1 is 1.00 bits per heavy atom. The zero-order valence-electron chi connectivity index (χ0n) is 4.52. The number of rotatable bonds is 2. The summed E-state index contributed by atoms with van der Waals surface area (Å²) < 4.78 is 18.0. The minimum Gasteiger partial charge on any atom is -0.323 e. The van der Waals surface area contributed by atoms with E-state index in [1.54, 1.807) is 0 Å². The molecular weight excluding hydrogens is 202 g/mol. The summed E-state index contributed by atoms with van der Waals surface area (Å²) in [7, 11) is -9.55. The Labute approximate surface area is 62.0 Å². The van der Waals surface area contributed by atoms with E-state index >= 15 is 0 Å². The van der Waals surface area contributed by atoms with Crippen molar-refractivity contribution in [3.8, 4) is 0 Å². The molecule has 0 amide bonds. The fraction of sp³-hybridized carbons (Fsp3) is 1.00. The topological polar surface area (TPSA) is 115 Å². The number of thiol groups is 1. The van der Waals surface area contributed by atoms with Gasteiger partial charge in [-0.1, -0.05) is 0 Å². The van der Waals surface area contributed by atoms with Crippen LogP contribution in [-0.2, 0) is 9.13 Å². The first kappa shape index (κ1) is 10.7. The van der Waals surface area contributed by atoms with Crippen LogP contribution in [0.4, 0.5) is 0 Å². The highest BCUT2D eigenvalue weighted by Gasteiger charge is 2.40. The molecule has 0 bridgehead atoms. The van der Waals surface area contributed by atoms with Gasteiger partial charge in [0.2, 0.25) is 4.73 Å². The third kappa shape index (κ3) is 3.16. The molecule has 0 aromatic rings. The maximum atomic E-state index is 10.1. The highest BCUT2D eigenvalue weighted by atomic mass is 32.1. The van der Waals surface area contributed by atoms with Crippen molar-refractivity contribution >= 4 is 27.8 Å². The number of hydrogen-bond donors (Lipinski definition) is 5. The van der Waals surface area contributed by atoms with E-state index in [9.17, 15) is 9.13 Å². The van der Waals surface area contributed by atoms with E-state index in [2.05, 4.69) is 12.6 Å². The molecular formula is CH6O6P2S. The van der Waals surface area contributed by atoms with Crippen molar-refractivity contribution in [3.63, 3.8) is 0 Å². The summed E-state index contributed by atoms with van der Waals surface area (Å²) in [4.78, 5) is 32.7. The second-order valence-corrected chi connectivity index (χ2v) is 6.65. The molecule has 0 rings (SSSR count). The molecule has 0 atom stereocenters. The minimum atomic E-state index is -4.78. The molecule has 0 fully saturated rings. The highest BCUT2D eigenvalue weighted by Crippen LogP contribution is 2.61. The summed E-state index contributed by atoms with van der Waals surface area (Å²) in [5.41, 5.74) is 0. The Balaban J connectivity index is 4.56. The van der Waals surface area contributed by atoms with Crippen LogP contribution in [-0.4, -0.2) is 24.3 Å². The van der Waals surface area contributed by atoms with Gasteiger partial charge in [-0.25, -0.2) is 0 Å². The predicted molar refractivity (Wildman–Crippen MR) is 36.9 cm³/mol. The van der Waals surface area contributed by atoms with Crippen LogP contribution in [0.15, 0.2) is 0 Å². The molecule has 0 spiro atoms. The van der Waals surface area contributed by atoms with Crippen molar-refractivity contribution in [2.24, 2.45) is 0 Å². The van der Waals surface area contributed by atoms with Crippen molar-refractivity contribution in [3.05, 3.63) is 0 Å². The smallest absolute Gasteiger partial charge is 0.323 e. The van der Waals surface area contributed by atoms with Crippen LogP contribution in [0.1, 0.15) is 0 Å². The van der Waals surface area contributed by atoms with E-state index in [1.807, 2.05) is 0 Å². The first-order valence-electron chi connectivity index (χ1n) is 1.94. The molecule has 0 saturated heterocycles. The van der Waals surface area contributed by atoms with E-state index in [0.29, 0.717) is 0 Å². The van der Waals surface area contributed by atoms with Gasteiger partial charge in [0.05, 0.1) is 0 Å². The van der Waals surface area contributed by atoms with Gasteiger partial charge in [0.25, 0.3) is 0 Å². The van der Waals surface area contributed by atoms with Gasteiger partial charge < -0.3 is 19.6 Å². The first-order valence-corrected chi connectivity index (χ1v) is 5.82. The molecule has 0 saturated carbocycles. The van der Waals surface area contributed by atoms with Crippen LogP contribution in [0.2, 0.25) is 0 Å². The van der Waals surface area contributed by atoms with Crippen molar-refractivity contribution in [1.82, 2.24) is 0 Å². The first-order chi connectivity index (χ1) is 4.15. The van der Waals surface area contributed by atoms with Crippen LogP contribution in [0, 0.1) is 0 Å². The molecule has 10 heavy (non-hydrogen) atoms. The fourth-order valence-corrected chi connectivity index (χ4v) is 1.76. The molecule has 0 heterocycles. The SMILES string of the molecule is O=P(O)(O)C(S)P(=O)(O)O. The summed E-state index contributed by atoms with van der Waals surface area (Å²) in [6, 6.07) is 0. The molecule has 62 valence electrons. The normalized spacial score (nSPS) is 14.2. The average molecular weight is 208 g/mol. The van der Waals surface area contributed by atoms with Gasteiger partial charge in [0, 0.05) is 0 Å². The van der Waals surface area contributed by atoms with Crippen molar-refractivity contribution in [1.29, 1.82) is 0 Å². The van der Waals surface area contributed by atoms with Gasteiger partial charge in [0.1, 0.15) is 0 Å². The van der Waals surface area contributed by atoms with Gasteiger partial charge in [-0.05, 0) is 0 Å². The Hall–Kier alpha value is 0.650. The number of hydrogen-bond acceptors (Lipinski definition) is 3. The molecule has 6 nitrogen and oxygen atoms in total. The molecule has 0 radical (unpaired) electrons. The zero-order chi connectivity index (χ0) is 8.58. The van der Waals surface area contributed by atoms with Gasteiger partial charge in [-0.3, -0.25) is 9.13 Å². The monoisotopic (exact) mass is 208 g/mol. The molecule has 9 heteroatoms. The maximum Gasteiger partial charge on any atom is 0.350 e. The molecule has 0 aliphatic carbocycles. The lowest BCUT2D eigenvalue weighted by Crippen LogP contribution is -1.99. The quantitative estimate of drug-likeness (QED) is 0.310. The van der Waals surface area contributed by atoms with E-state index in [-0.39, 0.29) is 0 Å². The van der Waals surface area contributed by atoms with Gasteiger partial charge in [-0.15, -0.1) is 0 Å². The van der Waals surface area contributed by atoms with Crippen molar-refractivity contribution in [2.45, 2.75) is 4.73 Å². The molecule has 0 aliphatic rings. The lowest BCUT2D eigenvalue weighted by molar-refractivity contribution is 0.352. The van der Waals surface area contributed by atoms with Crippen LogP contribution in [0.5, 0.6) is 0 Å². The Bertz CT molecular complexity index is 178. The fourth-order valence-electron chi connectivity index (χ4n) is 0.196. The molecule has 0 unspecified atom stereocenters. The minimum absolute atomic E-state index is 2.21. The summed E-state index contributed by atoms with van der Waals surface area (Å²) in [5, 5.41) is 0. The van der Waals surface area contributed by atoms with E-state index in [0.717, 1.165) is 0 Å². The van der Waals surface area contributed by atoms with Crippen LogP contribution in [0.25, 0.3) is 0 Å². The van der Waals surface area contributed by atoms with E-state index in [4.69, 9.17) is 19.6 Å². The molecule has 0 aromatic carbocycles. The summed E-state index contributed by atoms with van der Waals surface area (Å²) in [6.45, 7) is 0. The van der Waals surface area contributed by atoms with Crippen LogP contribution >= 0.6 is 27.8 Å². The Morgan fingerprint density at radius 2 is 1.20 bits per heavy atom. The predicted octanol–water partition coefficient (Wildman–Crippen LogP) is -0.445. The third-order valence-corrected chi connectivity index (χ3v) is 5.42. The van der Waals surface area contributed by atoms with Crippen LogP contribution < -0.4 is 0 Å². The van der Waals surface area contributed by atoms with E-state index < -0.39 is 19.9 Å². The standard InChI is InChI=1S/CH6O6P2S/c2-8(3,4)1(10)9(5,6)7/h1,10H,(H2,2,3,4)(H2,5,6,7). The highest BCUT2D eigenvalue weighted by molar-refractivity contribution is 7.99. The lowest BCUT2D eigenvalue weighted by atomic mass is 11.9. The average Bonchev–Trinajstić information content (AvgIpc) is 1.59. The van der Waals surface area contributed by atoms with Crippen molar-refractivity contribution < 1.29 is 28.7 Å². The molecule has 4 N–H and O–H groups in total. The second kappa shape index (κ2) is 2.95. The van der Waals surface area contributed by atoms with Gasteiger partial charge >= 0.3 is 15.2 Å². The van der Waals surface area contributed by atoms with Crippen LogP contribution in [0.3, 0.4) is 0 Å². The summed E-state index contributed by atoms with van der Waals surface area (Å²) >= 11 is 3.06. The third-order valence-electron chi connectivity index (χ3n) is 0.602. The Morgan fingerprint density at radius 3 is 1.20 bits per heavy atom. The van der Waals surface area contributed by atoms with Gasteiger partial charge in [0.15, 0.2) is 0 Å². The molecule has 0 aromatic heterocycles. The lowest BCUT2D eigenvalue weighted by Gasteiger charge is -2.12. The molecule has 0 aliphatic heterocycles. The summed E-state index contributed by atoms with van der Waals surface area (Å²) in [6.07, 6.45) is 0. The van der Waals surface area contributed by atoms with E-state index in [1.165, 1.54) is 0 Å². The maximum absolute atomic E-state index is 10.1. The van der Waals surface area contributed by atoms with Crippen molar-refractivity contribution in [2.75, 3.05) is 0 Å². The zero-order valence-corrected chi connectivity index (χ0v) is 7.21.